The Morgan fingerprint density at radius 3 is 2.58 bits per heavy atom. The summed E-state index contributed by atoms with van der Waals surface area (Å²) in [5.74, 6) is -1.22. The molecule has 172 valence electrons. The summed E-state index contributed by atoms with van der Waals surface area (Å²) in [5.41, 5.74) is 1.06. The average Bonchev–Trinajstić information content (AvgIpc) is 3.02. The molecule has 2 aromatic carbocycles. The molecule has 0 radical (unpaired) electrons. The largest absolute Gasteiger partial charge is 0.481 e. The quantitative estimate of drug-likeness (QED) is 0.341. The highest BCUT2D eigenvalue weighted by Crippen LogP contribution is 2.34. The molecule has 3 amide bonds. The highest BCUT2D eigenvalue weighted by Gasteiger charge is 2.36. The molecule has 1 fully saturated rings. The second-order valence-corrected chi connectivity index (χ2v) is 9.61. The van der Waals surface area contributed by atoms with Crippen LogP contribution < -0.4 is 10.1 Å². The first kappa shape index (κ1) is 25.3. The zero-order chi connectivity index (χ0) is 24.1. The Morgan fingerprint density at radius 1 is 1.15 bits per heavy atom. The van der Waals surface area contributed by atoms with Crippen molar-refractivity contribution < 1.29 is 28.7 Å². The lowest BCUT2D eigenvalue weighted by molar-refractivity contribution is -0.143. The highest BCUT2D eigenvalue weighted by molar-refractivity contribution is 9.10. The van der Waals surface area contributed by atoms with Gasteiger partial charge in [-0.25, -0.2) is 4.79 Å². The zero-order valence-corrected chi connectivity index (χ0v) is 21.6. The van der Waals surface area contributed by atoms with Crippen molar-refractivity contribution in [3.05, 3.63) is 60.8 Å². The maximum absolute atomic E-state index is 12.7. The zero-order valence-electron chi connectivity index (χ0n) is 16.9. The van der Waals surface area contributed by atoms with Crippen LogP contribution in [-0.4, -0.2) is 48.2 Å². The Bertz CT molecular complexity index is 1170. The Hall–Kier alpha value is -2.34. The van der Waals surface area contributed by atoms with Crippen LogP contribution in [-0.2, 0) is 19.1 Å². The molecule has 33 heavy (non-hydrogen) atoms. The lowest BCUT2D eigenvalue weighted by Crippen LogP contribution is -2.36. The minimum absolute atomic E-state index is 0.176. The molecule has 0 aliphatic carbocycles. The molecule has 0 bridgehead atoms. The molecule has 12 heteroatoms. The maximum Gasteiger partial charge on any atom is 0.343 e. The summed E-state index contributed by atoms with van der Waals surface area (Å²) in [6.45, 7) is -0.679. The molecule has 0 saturated carbocycles. The minimum atomic E-state index is -0.573. The first-order chi connectivity index (χ1) is 15.7. The van der Waals surface area contributed by atoms with Crippen molar-refractivity contribution in [2.24, 2.45) is 0 Å². The number of rotatable bonds is 7. The number of hydrogen-bond donors (Lipinski definition) is 1. The van der Waals surface area contributed by atoms with Crippen LogP contribution in [0.5, 0.6) is 5.75 Å². The highest BCUT2D eigenvalue weighted by atomic mass is 79.9. The van der Waals surface area contributed by atoms with Gasteiger partial charge in [-0.2, -0.15) is 0 Å². The van der Waals surface area contributed by atoms with Crippen LogP contribution in [0.2, 0.25) is 5.02 Å². The lowest BCUT2D eigenvalue weighted by Gasteiger charge is -2.12. The first-order valence-electron chi connectivity index (χ1n) is 9.17. The maximum atomic E-state index is 12.7. The van der Waals surface area contributed by atoms with Gasteiger partial charge in [0.25, 0.3) is 11.1 Å². The fourth-order valence-electron chi connectivity index (χ4n) is 2.63. The van der Waals surface area contributed by atoms with E-state index in [4.69, 9.17) is 16.3 Å². The van der Waals surface area contributed by atoms with Gasteiger partial charge in [-0.15, -0.1) is 0 Å². The Kier molecular flexibility index (Phi) is 8.57. The molecule has 1 aliphatic rings. The number of methoxy groups -OCH3 is 1. The van der Waals surface area contributed by atoms with Gasteiger partial charge in [0.1, 0.15) is 12.3 Å². The molecule has 1 N–H and O–H groups in total. The van der Waals surface area contributed by atoms with Gasteiger partial charge < -0.3 is 14.8 Å². The monoisotopic (exact) mass is 616 g/mol. The van der Waals surface area contributed by atoms with Crippen molar-refractivity contribution in [3.63, 3.8) is 0 Å². The average molecular weight is 619 g/mol. The van der Waals surface area contributed by atoms with E-state index in [1.807, 2.05) is 0 Å². The number of esters is 1. The van der Waals surface area contributed by atoms with Crippen LogP contribution in [0, 0.1) is 0 Å². The van der Waals surface area contributed by atoms with Crippen LogP contribution in [0.1, 0.15) is 5.56 Å². The molecular formula is C21H15Br2ClN2O6S. The van der Waals surface area contributed by atoms with Gasteiger partial charge in [0.05, 0.1) is 21.5 Å². The predicted molar refractivity (Wildman–Crippen MR) is 132 cm³/mol. The summed E-state index contributed by atoms with van der Waals surface area (Å²) in [5, 5.41) is 2.47. The van der Waals surface area contributed by atoms with E-state index in [0.29, 0.717) is 31.0 Å². The van der Waals surface area contributed by atoms with Crippen molar-refractivity contribution in [2.45, 2.75) is 0 Å². The number of amides is 3. The number of anilines is 1. The third kappa shape index (κ3) is 6.59. The van der Waals surface area contributed by atoms with Crippen molar-refractivity contribution in [1.29, 1.82) is 0 Å². The number of thioether (sulfide) groups is 1. The van der Waals surface area contributed by atoms with Gasteiger partial charge in [-0.3, -0.25) is 19.3 Å². The van der Waals surface area contributed by atoms with Crippen LogP contribution in [0.3, 0.4) is 0 Å². The molecular weight excluding hydrogens is 604 g/mol. The standard InChI is InChI=1S/C21H15Br2ClN2O6S/c1-31-19(28)10-32-16-5-2-11(6-14(16)23)7-17-20(29)26(21(30)33-17)9-18(27)25-12-3-4-13(22)15(24)8-12/h2-8H,9-10H2,1H3,(H,25,27)/b17-7+. The van der Waals surface area contributed by atoms with Gasteiger partial charge in [-0.05, 0) is 85.6 Å². The number of ether oxygens (including phenoxy) is 2. The molecule has 1 heterocycles. The molecule has 1 aliphatic heterocycles. The molecule has 0 spiro atoms. The minimum Gasteiger partial charge on any atom is -0.481 e. The summed E-state index contributed by atoms with van der Waals surface area (Å²) < 4.78 is 11.1. The number of carbonyl (C=O) groups is 4. The fraction of sp³-hybridized carbons (Fsp3) is 0.143. The van der Waals surface area contributed by atoms with E-state index in [1.54, 1.807) is 36.4 Å². The van der Waals surface area contributed by atoms with Gasteiger partial charge in [0, 0.05) is 10.2 Å². The summed E-state index contributed by atoms with van der Waals surface area (Å²) in [4.78, 5) is 49.6. The van der Waals surface area contributed by atoms with Crippen molar-refractivity contribution in [2.75, 3.05) is 25.6 Å². The number of hydrogen-bond acceptors (Lipinski definition) is 7. The number of halogens is 3. The second-order valence-electron chi connectivity index (χ2n) is 6.50. The second kappa shape index (κ2) is 11.2. The molecule has 3 rings (SSSR count). The van der Waals surface area contributed by atoms with E-state index >= 15 is 0 Å². The van der Waals surface area contributed by atoms with E-state index in [0.717, 1.165) is 16.7 Å². The third-order valence-corrected chi connectivity index (χ3v) is 6.97. The number of imide groups is 1. The van der Waals surface area contributed by atoms with Crippen LogP contribution in [0.4, 0.5) is 10.5 Å². The molecule has 0 unspecified atom stereocenters. The van der Waals surface area contributed by atoms with E-state index in [1.165, 1.54) is 13.2 Å². The molecule has 1 saturated heterocycles. The number of nitrogens with zero attached hydrogens (tertiary/aromatic N) is 1. The van der Waals surface area contributed by atoms with E-state index in [-0.39, 0.29) is 11.5 Å². The van der Waals surface area contributed by atoms with E-state index in [9.17, 15) is 19.2 Å². The van der Waals surface area contributed by atoms with Gasteiger partial charge in [0.2, 0.25) is 5.91 Å². The van der Waals surface area contributed by atoms with Crippen molar-refractivity contribution >= 4 is 90.0 Å². The topological polar surface area (TPSA) is 102 Å². The lowest BCUT2D eigenvalue weighted by atomic mass is 10.2. The van der Waals surface area contributed by atoms with Crippen LogP contribution >= 0.6 is 55.2 Å². The molecule has 0 aromatic heterocycles. The Balaban J connectivity index is 1.66. The van der Waals surface area contributed by atoms with Crippen molar-refractivity contribution in [3.8, 4) is 5.75 Å². The van der Waals surface area contributed by atoms with Crippen LogP contribution in [0.15, 0.2) is 50.2 Å². The molecule has 2 aromatic rings. The summed E-state index contributed by atoms with van der Waals surface area (Å²) in [6.07, 6.45) is 1.53. The fourth-order valence-corrected chi connectivity index (χ4v) is 4.40. The number of benzene rings is 2. The predicted octanol–water partition coefficient (Wildman–Crippen LogP) is 5.09. The Labute approximate surface area is 214 Å². The van der Waals surface area contributed by atoms with Gasteiger partial charge >= 0.3 is 5.97 Å². The smallest absolute Gasteiger partial charge is 0.343 e. The van der Waals surface area contributed by atoms with Gasteiger partial charge in [0.15, 0.2) is 6.61 Å². The summed E-state index contributed by atoms with van der Waals surface area (Å²) in [6, 6.07) is 9.80. The van der Waals surface area contributed by atoms with Crippen molar-refractivity contribution in [1.82, 2.24) is 4.90 Å². The first-order valence-corrected chi connectivity index (χ1v) is 12.0. The molecule has 8 nitrogen and oxygen atoms in total. The van der Waals surface area contributed by atoms with E-state index in [2.05, 4.69) is 41.9 Å². The third-order valence-electron chi connectivity index (χ3n) is 4.21. The summed E-state index contributed by atoms with van der Waals surface area (Å²) >= 11 is 13.4. The van der Waals surface area contributed by atoms with E-state index < -0.39 is 29.6 Å². The Morgan fingerprint density at radius 2 is 1.91 bits per heavy atom. The SMILES string of the molecule is COC(=O)COc1ccc(/C=C2/SC(=O)N(CC(=O)Nc3ccc(Br)c(Cl)c3)C2=O)cc1Br. The van der Waals surface area contributed by atoms with Crippen LogP contribution in [0.25, 0.3) is 6.08 Å². The molecule has 0 atom stereocenters. The summed E-state index contributed by atoms with van der Waals surface area (Å²) in [7, 11) is 1.26. The number of nitrogens with one attached hydrogen (secondary N) is 1. The van der Waals surface area contributed by atoms with Gasteiger partial charge in [-0.1, -0.05) is 17.7 Å². The normalized spacial score (nSPS) is 14.5. The number of carbonyl (C=O) groups excluding carboxylic acids is 4.